The van der Waals surface area contributed by atoms with Crippen LogP contribution in [-0.2, 0) is 10.0 Å². The molecule has 0 amide bonds. The van der Waals surface area contributed by atoms with Crippen molar-refractivity contribution >= 4 is 15.7 Å². The maximum absolute atomic E-state index is 11.3. The van der Waals surface area contributed by atoms with E-state index >= 15 is 0 Å². The zero-order chi connectivity index (χ0) is 12.2. The van der Waals surface area contributed by atoms with Gasteiger partial charge in [-0.15, -0.1) is 0 Å². The molecule has 6 nitrogen and oxygen atoms in total. The van der Waals surface area contributed by atoms with E-state index in [-0.39, 0.29) is 17.2 Å². The third-order valence-electron chi connectivity index (χ3n) is 1.74. The van der Waals surface area contributed by atoms with E-state index in [0.717, 1.165) is 0 Å². The number of nitriles is 1. The number of rotatable bonds is 4. The molecule has 0 saturated heterocycles. The van der Waals surface area contributed by atoms with Crippen LogP contribution in [-0.4, -0.2) is 26.4 Å². The van der Waals surface area contributed by atoms with Gasteiger partial charge in [0.2, 0.25) is 10.0 Å². The van der Waals surface area contributed by atoms with Gasteiger partial charge >= 0.3 is 0 Å². The summed E-state index contributed by atoms with van der Waals surface area (Å²) >= 11 is 0. The van der Waals surface area contributed by atoms with E-state index < -0.39 is 15.8 Å². The van der Waals surface area contributed by atoms with E-state index in [2.05, 4.69) is 4.72 Å². The van der Waals surface area contributed by atoms with Crippen LogP contribution in [0.15, 0.2) is 18.2 Å². The van der Waals surface area contributed by atoms with Gasteiger partial charge in [0, 0.05) is 0 Å². The lowest BCUT2D eigenvalue weighted by Gasteiger charge is -2.11. The van der Waals surface area contributed by atoms with E-state index in [1.54, 1.807) is 0 Å². The van der Waals surface area contributed by atoms with Gasteiger partial charge in [0.25, 0.3) is 0 Å². The normalized spacial score (nSPS) is 10.5. The van der Waals surface area contributed by atoms with E-state index in [4.69, 9.17) is 10.00 Å². The van der Waals surface area contributed by atoms with Crippen LogP contribution in [0.4, 0.5) is 5.69 Å². The number of aromatic hydroxyl groups is 1. The monoisotopic (exact) mass is 242 g/mol. The van der Waals surface area contributed by atoms with Gasteiger partial charge in [0.15, 0.2) is 5.75 Å². The van der Waals surface area contributed by atoms with Gasteiger partial charge < -0.3 is 9.84 Å². The largest absolute Gasteiger partial charge is 0.506 e. The molecule has 1 aromatic carbocycles. The molecule has 0 aromatic heterocycles. The molecule has 0 aliphatic carbocycles. The number of hydrogen-bond donors (Lipinski definition) is 2. The predicted octanol–water partition coefficient (Wildman–Crippen LogP) is 0.666. The summed E-state index contributed by atoms with van der Waals surface area (Å²) in [6, 6.07) is 5.82. The van der Waals surface area contributed by atoms with Crippen molar-refractivity contribution in [1.82, 2.24) is 0 Å². The van der Waals surface area contributed by atoms with Crippen molar-refractivity contribution in [2.24, 2.45) is 0 Å². The van der Waals surface area contributed by atoms with Gasteiger partial charge in [-0.3, -0.25) is 4.72 Å². The van der Waals surface area contributed by atoms with Gasteiger partial charge in [0.05, 0.1) is 13.2 Å². The van der Waals surface area contributed by atoms with Crippen LogP contribution in [0.2, 0.25) is 0 Å². The highest BCUT2D eigenvalue weighted by Crippen LogP contribution is 2.33. The summed E-state index contributed by atoms with van der Waals surface area (Å²) in [4.78, 5) is 0. The summed E-state index contributed by atoms with van der Waals surface area (Å²) < 4.78 is 29.6. The van der Waals surface area contributed by atoms with Crippen molar-refractivity contribution in [3.63, 3.8) is 0 Å². The first-order chi connectivity index (χ1) is 7.50. The van der Waals surface area contributed by atoms with Crippen molar-refractivity contribution in [1.29, 1.82) is 5.26 Å². The van der Waals surface area contributed by atoms with Gasteiger partial charge in [0.1, 0.15) is 17.2 Å². The Hall–Kier alpha value is -1.94. The Bertz CT molecular complexity index is 519. The number of ether oxygens (including phenoxy) is 1. The molecular formula is C9H10N2O4S. The zero-order valence-corrected chi connectivity index (χ0v) is 9.28. The average Bonchev–Trinajstić information content (AvgIpc) is 2.20. The van der Waals surface area contributed by atoms with Crippen LogP contribution < -0.4 is 9.46 Å². The fraction of sp³-hybridized carbons (Fsp3) is 0.222. The van der Waals surface area contributed by atoms with Crippen molar-refractivity contribution in [2.75, 3.05) is 17.6 Å². The zero-order valence-electron chi connectivity index (χ0n) is 8.47. The Balaban J connectivity index is 3.11. The summed E-state index contributed by atoms with van der Waals surface area (Å²) in [6.45, 7) is 0. The molecule has 0 saturated carbocycles. The smallest absolute Gasteiger partial charge is 0.246 e. The van der Waals surface area contributed by atoms with Crippen LogP contribution in [0, 0.1) is 11.3 Å². The Morgan fingerprint density at radius 3 is 2.81 bits per heavy atom. The van der Waals surface area contributed by atoms with Crippen LogP contribution >= 0.6 is 0 Å². The minimum Gasteiger partial charge on any atom is -0.506 e. The molecule has 7 heteroatoms. The van der Waals surface area contributed by atoms with Crippen LogP contribution in [0.5, 0.6) is 11.5 Å². The molecule has 0 fully saturated rings. The van der Waals surface area contributed by atoms with Crippen molar-refractivity contribution in [2.45, 2.75) is 0 Å². The minimum absolute atomic E-state index is 0.0692. The second-order valence-corrected chi connectivity index (χ2v) is 4.60. The molecule has 0 radical (unpaired) electrons. The third kappa shape index (κ3) is 2.77. The van der Waals surface area contributed by atoms with Gasteiger partial charge in [-0.05, 0) is 12.1 Å². The SMILES string of the molecule is COc1cccc(O)c1NS(=O)(=O)CC#N. The number of nitrogens with zero attached hydrogens (tertiary/aromatic N) is 1. The fourth-order valence-corrected chi connectivity index (χ4v) is 1.83. The lowest BCUT2D eigenvalue weighted by atomic mass is 10.3. The number of para-hydroxylation sites is 1. The molecule has 2 N–H and O–H groups in total. The molecule has 1 rings (SSSR count). The summed E-state index contributed by atoms with van der Waals surface area (Å²) in [5.41, 5.74) is -0.0692. The maximum atomic E-state index is 11.3. The first-order valence-corrected chi connectivity index (χ1v) is 5.89. The highest BCUT2D eigenvalue weighted by Gasteiger charge is 2.16. The fourth-order valence-electron chi connectivity index (χ4n) is 1.07. The molecule has 16 heavy (non-hydrogen) atoms. The van der Waals surface area contributed by atoms with Crippen LogP contribution in [0.1, 0.15) is 0 Å². The summed E-state index contributed by atoms with van der Waals surface area (Å²) in [6.07, 6.45) is 0. The highest BCUT2D eigenvalue weighted by molar-refractivity contribution is 7.92. The molecule has 0 aliphatic heterocycles. The number of anilines is 1. The number of methoxy groups -OCH3 is 1. The van der Waals surface area contributed by atoms with Gasteiger partial charge in [-0.25, -0.2) is 8.42 Å². The molecule has 0 spiro atoms. The summed E-state index contributed by atoms with van der Waals surface area (Å²) in [7, 11) is -2.45. The molecule has 86 valence electrons. The standard InChI is InChI=1S/C9H10N2O4S/c1-15-8-4-2-3-7(12)9(8)11-16(13,14)6-5-10/h2-4,11-12H,6H2,1H3. The number of phenolic OH excluding ortho intramolecular Hbond substituents is 1. The molecule has 0 unspecified atom stereocenters. The average molecular weight is 242 g/mol. The quantitative estimate of drug-likeness (QED) is 0.756. The third-order valence-corrected chi connectivity index (χ3v) is 2.76. The number of benzene rings is 1. The maximum Gasteiger partial charge on any atom is 0.246 e. The van der Waals surface area contributed by atoms with E-state index in [0.29, 0.717) is 0 Å². The summed E-state index contributed by atoms with van der Waals surface area (Å²) in [5, 5.41) is 17.8. The molecule has 0 heterocycles. The lowest BCUT2D eigenvalue weighted by Crippen LogP contribution is -2.16. The first-order valence-electron chi connectivity index (χ1n) is 4.23. The molecule has 1 aromatic rings. The van der Waals surface area contributed by atoms with E-state index in [9.17, 15) is 13.5 Å². The molecule has 0 bridgehead atoms. The molecular weight excluding hydrogens is 232 g/mol. The second kappa shape index (κ2) is 4.72. The Morgan fingerprint density at radius 1 is 1.56 bits per heavy atom. The van der Waals surface area contributed by atoms with Gasteiger partial charge in [-0.1, -0.05) is 6.07 Å². The Labute approximate surface area is 93.1 Å². The predicted molar refractivity (Wildman–Crippen MR) is 57.7 cm³/mol. The number of nitrogens with one attached hydrogen (secondary N) is 1. The number of sulfonamides is 1. The highest BCUT2D eigenvalue weighted by atomic mass is 32.2. The van der Waals surface area contributed by atoms with Crippen LogP contribution in [0.25, 0.3) is 0 Å². The Kier molecular flexibility index (Phi) is 3.58. The van der Waals surface area contributed by atoms with Gasteiger partial charge in [-0.2, -0.15) is 5.26 Å². The topological polar surface area (TPSA) is 99.4 Å². The van der Waals surface area contributed by atoms with Crippen molar-refractivity contribution in [3.05, 3.63) is 18.2 Å². The van der Waals surface area contributed by atoms with E-state index in [1.165, 1.54) is 31.4 Å². The van der Waals surface area contributed by atoms with Crippen molar-refractivity contribution < 1.29 is 18.3 Å². The van der Waals surface area contributed by atoms with E-state index in [1.807, 2.05) is 0 Å². The second-order valence-electron chi connectivity index (χ2n) is 2.87. The number of hydrogen-bond acceptors (Lipinski definition) is 5. The molecule has 0 atom stereocenters. The molecule has 0 aliphatic rings. The summed E-state index contributed by atoms with van der Waals surface area (Å²) in [5.74, 6) is -0.771. The van der Waals surface area contributed by atoms with Crippen molar-refractivity contribution in [3.8, 4) is 17.6 Å². The number of phenols is 1. The Morgan fingerprint density at radius 2 is 2.25 bits per heavy atom. The minimum atomic E-state index is -3.79. The lowest BCUT2D eigenvalue weighted by molar-refractivity contribution is 0.411. The van der Waals surface area contributed by atoms with Crippen LogP contribution in [0.3, 0.4) is 0 Å². The first kappa shape index (κ1) is 12.1.